The Morgan fingerprint density at radius 2 is 1.85 bits per heavy atom. The summed E-state index contributed by atoms with van der Waals surface area (Å²) in [5, 5.41) is 8.82. The van der Waals surface area contributed by atoms with Crippen molar-refractivity contribution < 1.29 is 9.53 Å². The van der Waals surface area contributed by atoms with E-state index in [9.17, 15) is 4.79 Å². The Morgan fingerprint density at radius 3 is 2.25 bits per heavy atom. The molecule has 1 amide bonds. The third-order valence-corrected chi connectivity index (χ3v) is 2.47. The topological polar surface area (TPSA) is 53.3 Å². The Bertz CT molecular complexity index is 493. The summed E-state index contributed by atoms with van der Waals surface area (Å²) >= 11 is 0. The molecule has 0 unspecified atom stereocenters. The number of amides is 1. The normalized spacial score (nSPS) is 11.1. The van der Waals surface area contributed by atoms with Crippen molar-refractivity contribution in [3.8, 4) is 6.07 Å². The predicted molar refractivity (Wildman–Crippen MR) is 79.6 cm³/mol. The highest BCUT2D eigenvalue weighted by Gasteiger charge is 2.23. The van der Waals surface area contributed by atoms with Crippen molar-refractivity contribution in [2.75, 3.05) is 11.4 Å². The van der Waals surface area contributed by atoms with Gasteiger partial charge in [0.15, 0.2) is 0 Å². The van der Waals surface area contributed by atoms with Gasteiger partial charge in [-0.05, 0) is 51.0 Å². The van der Waals surface area contributed by atoms with Crippen molar-refractivity contribution in [2.45, 2.75) is 40.2 Å². The molecule has 0 aromatic heterocycles. The molecular weight excluding hydrogens is 252 g/mol. The minimum absolute atomic E-state index is 0.318. The van der Waals surface area contributed by atoms with E-state index in [4.69, 9.17) is 10.00 Å². The van der Waals surface area contributed by atoms with E-state index in [0.717, 1.165) is 5.69 Å². The number of ether oxygens (including phenoxy) is 1. The molecule has 0 saturated carbocycles. The summed E-state index contributed by atoms with van der Waals surface area (Å²) in [6, 6.07) is 9.01. The van der Waals surface area contributed by atoms with E-state index in [1.807, 2.05) is 34.6 Å². The molecule has 0 radical (unpaired) electrons. The van der Waals surface area contributed by atoms with Crippen molar-refractivity contribution in [3.63, 3.8) is 0 Å². The molecular formula is C16H22N2O2. The van der Waals surface area contributed by atoms with Gasteiger partial charge in [-0.15, -0.1) is 0 Å². The summed E-state index contributed by atoms with van der Waals surface area (Å²) < 4.78 is 5.43. The van der Waals surface area contributed by atoms with Crippen molar-refractivity contribution in [1.82, 2.24) is 0 Å². The summed E-state index contributed by atoms with van der Waals surface area (Å²) in [4.78, 5) is 13.9. The Morgan fingerprint density at radius 1 is 1.30 bits per heavy atom. The molecule has 20 heavy (non-hydrogen) atoms. The maximum atomic E-state index is 12.3. The zero-order valence-corrected chi connectivity index (χ0v) is 12.8. The van der Waals surface area contributed by atoms with Gasteiger partial charge in [0.2, 0.25) is 0 Å². The number of nitrogens with zero attached hydrogens (tertiary/aromatic N) is 2. The molecule has 0 N–H and O–H groups in total. The number of carbonyl (C=O) groups excluding carboxylic acids is 1. The largest absolute Gasteiger partial charge is 0.443 e. The maximum absolute atomic E-state index is 12.3. The first-order valence-electron chi connectivity index (χ1n) is 6.73. The lowest BCUT2D eigenvalue weighted by Gasteiger charge is -2.28. The van der Waals surface area contributed by atoms with Crippen LogP contribution in [0.5, 0.6) is 0 Å². The van der Waals surface area contributed by atoms with E-state index >= 15 is 0 Å². The lowest BCUT2D eigenvalue weighted by atomic mass is 10.1. The van der Waals surface area contributed by atoms with Crippen LogP contribution in [0.15, 0.2) is 24.3 Å². The number of hydrogen-bond donors (Lipinski definition) is 0. The molecule has 1 aromatic rings. The molecule has 108 valence electrons. The van der Waals surface area contributed by atoms with Crippen LogP contribution in [0.25, 0.3) is 0 Å². The van der Waals surface area contributed by atoms with Gasteiger partial charge in [-0.1, -0.05) is 13.8 Å². The van der Waals surface area contributed by atoms with Crippen molar-refractivity contribution in [3.05, 3.63) is 29.8 Å². The summed E-state index contributed by atoms with van der Waals surface area (Å²) in [6.07, 6.45) is -0.365. The average molecular weight is 274 g/mol. The standard InChI is InChI=1S/C16H22N2O2/c1-12(2)11-18(15(19)20-16(3,4)5)14-8-6-13(10-17)7-9-14/h6-9,12H,11H2,1-5H3. The smallest absolute Gasteiger partial charge is 0.414 e. The third kappa shape index (κ3) is 4.93. The molecule has 0 bridgehead atoms. The highest BCUT2D eigenvalue weighted by atomic mass is 16.6. The van der Waals surface area contributed by atoms with Gasteiger partial charge in [-0.25, -0.2) is 4.79 Å². The quantitative estimate of drug-likeness (QED) is 0.838. The number of nitriles is 1. The second-order valence-electron chi connectivity index (χ2n) is 6.14. The molecule has 0 aliphatic rings. The second kappa shape index (κ2) is 6.42. The molecule has 0 spiro atoms. The van der Waals surface area contributed by atoms with Gasteiger partial charge in [0, 0.05) is 12.2 Å². The Kier molecular flexibility index (Phi) is 5.15. The van der Waals surface area contributed by atoms with Crippen LogP contribution in [-0.4, -0.2) is 18.2 Å². The monoisotopic (exact) mass is 274 g/mol. The number of benzene rings is 1. The van der Waals surface area contributed by atoms with E-state index in [1.54, 1.807) is 29.2 Å². The molecule has 0 heterocycles. The minimum atomic E-state index is -0.529. The van der Waals surface area contributed by atoms with Gasteiger partial charge < -0.3 is 4.74 Å². The van der Waals surface area contributed by atoms with Gasteiger partial charge in [-0.2, -0.15) is 5.26 Å². The highest BCUT2D eigenvalue weighted by Crippen LogP contribution is 2.20. The van der Waals surface area contributed by atoms with E-state index < -0.39 is 5.60 Å². The van der Waals surface area contributed by atoms with Gasteiger partial charge in [0.05, 0.1) is 11.6 Å². The molecule has 0 saturated heterocycles. The molecule has 0 atom stereocenters. The van der Waals surface area contributed by atoms with Crippen LogP contribution in [0.4, 0.5) is 10.5 Å². The van der Waals surface area contributed by atoms with E-state index in [1.165, 1.54) is 0 Å². The van der Waals surface area contributed by atoms with E-state index in [2.05, 4.69) is 6.07 Å². The Labute approximate surface area is 121 Å². The van der Waals surface area contributed by atoms with E-state index in [0.29, 0.717) is 18.0 Å². The zero-order valence-electron chi connectivity index (χ0n) is 12.8. The Balaban J connectivity index is 2.99. The van der Waals surface area contributed by atoms with Crippen LogP contribution in [0.3, 0.4) is 0 Å². The summed E-state index contributed by atoms with van der Waals surface area (Å²) in [7, 11) is 0. The fourth-order valence-corrected chi connectivity index (χ4v) is 1.68. The van der Waals surface area contributed by atoms with Crippen LogP contribution in [-0.2, 0) is 4.74 Å². The SMILES string of the molecule is CC(C)CN(C(=O)OC(C)(C)C)c1ccc(C#N)cc1. The first kappa shape index (κ1) is 16.0. The second-order valence-corrected chi connectivity index (χ2v) is 6.14. The van der Waals surface area contributed by atoms with Crippen LogP contribution >= 0.6 is 0 Å². The number of rotatable bonds is 3. The summed E-state index contributed by atoms with van der Waals surface area (Å²) in [5.74, 6) is 0.318. The predicted octanol–water partition coefficient (Wildman–Crippen LogP) is 3.96. The van der Waals surface area contributed by atoms with Crippen molar-refractivity contribution >= 4 is 11.8 Å². The molecule has 1 rings (SSSR count). The van der Waals surface area contributed by atoms with Crippen molar-refractivity contribution in [1.29, 1.82) is 5.26 Å². The third-order valence-electron chi connectivity index (χ3n) is 2.47. The average Bonchev–Trinajstić information content (AvgIpc) is 2.34. The number of anilines is 1. The van der Waals surface area contributed by atoms with Crippen molar-refractivity contribution in [2.24, 2.45) is 5.92 Å². The lowest BCUT2D eigenvalue weighted by molar-refractivity contribution is 0.0576. The van der Waals surface area contributed by atoms with Gasteiger partial charge in [0.1, 0.15) is 5.60 Å². The van der Waals surface area contributed by atoms with Crippen LogP contribution in [0.2, 0.25) is 0 Å². The van der Waals surface area contributed by atoms with Crippen LogP contribution < -0.4 is 4.90 Å². The van der Waals surface area contributed by atoms with E-state index in [-0.39, 0.29) is 6.09 Å². The van der Waals surface area contributed by atoms with Crippen LogP contribution in [0.1, 0.15) is 40.2 Å². The number of carbonyl (C=O) groups is 1. The molecule has 1 aromatic carbocycles. The number of hydrogen-bond acceptors (Lipinski definition) is 3. The van der Waals surface area contributed by atoms with Crippen LogP contribution in [0, 0.1) is 17.2 Å². The first-order valence-corrected chi connectivity index (χ1v) is 6.73. The Hall–Kier alpha value is -2.02. The summed E-state index contributed by atoms with van der Waals surface area (Å²) in [5.41, 5.74) is 0.785. The molecule has 4 nitrogen and oxygen atoms in total. The molecule has 4 heteroatoms. The minimum Gasteiger partial charge on any atom is -0.443 e. The zero-order chi connectivity index (χ0) is 15.3. The fraction of sp³-hybridized carbons (Fsp3) is 0.500. The van der Waals surface area contributed by atoms with Gasteiger partial charge in [-0.3, -0.25) is 4.90 Å². The lowest BCUT2D eigenvalue weighted by Crippen LogP contribution is -2.39. The first-order chi connectivity index (χ1) is 9.23. The highest BCUT2D eigenvalue weighted by molar-refractivity contribution is 5.88. The summed E-state index contributed by atoms with van der Waals surface area (Å²) in [6.45, 7) is 10.2. The molecule has 0 aliphatic carbocycles. The fourth-order valence-electron chi connectivity index (χ4n) is 1.68. The van der Waals surface area contributed by atoms with Gasteiger partial charge >= 0.3 is 6.09 Å². The van der Waals surface area contributed by atoms with Gasteiger partial charge in [0.25, 0.3) is 0 Å². The molecule has 0 aliphatic heterocycles. The maximum Gasteiger partial charge on any atom is 0.414 e. The molecule has 0 fully saturated rings.